The van der Waals surface area contributed by atoms with Gasteiger partial charge < -0.3 is 23.7 Å². The zero-order valence-electron chi connectivity index (χ0n) is 31.3. The standard InChI is InChI=1S/C20H24O.C15H18O4.C8H14O2/c1-12-8-15(4)18-11-16(5)20(21-19(18)9-12)17-7-6-13(2)14(3)10-17;1-3-15(17)19-11-5-4-10-18-14-8-6-13(7-9-14)12(2)16;1-5-3-9-8-6(2)4-10-7(5)8/h6-10,16,20H,11H2,1-5H3;3,6-9H,1,4-5,10-11H2,2H3;5-8H,3-4H2,1-2H3/t16-,20-;;5-,6+,7-,8-/m0.1/s1. The maximum atomic E-state index is 11.1. The number of rotatable bonds is 9. The molecule has 0 saturated carbocycles. The van der Waals surface area contributed by atoms with Gasteiger partial charge in [0.15, 0.2) is 5.78 Å². The summed E-state index contributed by atoms with van der Waals surface area (Å²) in [7, 11) is 0. The smallest absolute Gasteiger partial charge is 0.330 e. The molecule has 6 rings (SSSR count). The van der Waals surface area contributed by atoms with Crippen LogP contribution >= 0.6 is 0 Å². The number of carbonyl (C=O) groups excluding carboxylic acids is 2. The molecule has 6 atom stereocenters. The highest BCUT2D eigenvalue weighted by Gasteiger charge is 2.43. The van der Waals surface area contributed by atoms with E-state index in [2.05, 4.69) is 85.4 Å². The third-order valence-electron chi connectivity index (χ3n) is 9.76. The van der Waals surface area contributed by atoms with Gasteiger partial charge in [-0.05, 0) is 118 Å². The first-order chi connectivity index (χ1) is 23.9. The molecule has 50 heavy (non-hydrogen) atoms. The number of carbonyl (C=O) groups is 2. The van der Waals surface area contributed by atoms with Crippen LogP contribution in [0.15, 0.2) is 67.3 Å². The maximum Gasteiger partial charge on any atom is 0.330 e. The van der Waals surface area contributed by atoms with Crippen molar-refractivity contribution >= 4 is 11.8 Å². The lowest BCUT2D eigenvalue weighted by atomic mass is 9.85. The Morgan fingerprint density at radius 3 is 2.04 bits per heavy atom. The lowest BCUT2D eigenvalue weighted by molar-refractivity contribution is -0.137. The number of ketones is 1. The van der Waals surface area contributed by atoms with Crippen LogP contribution in [0.3, 0.4) is 0 Å². The molecule has 0 amide bonds. The van der Waals surface area contributed by atoms with E-state index in [1.165, 1.54) is 40.3 Å². The molecule has 3 aliphatic heterocycles. The van der Waals surface area contributed by atoms with Crippen molar-refractivity contribution in [3.8, 4) is 11.5 Å². The summed E-state index contributed by atoms with van der Waals surface area (Å²) in [6.07, 6.45) is 4.74. The zero-order valence-corrected chi connectivity index (χ0v) is 31.3. The lowest BCUT2D eigenvalue weighted by Crippen LogP contribution is -2.24. The number of hydrogen-bond acceptors (Lipinski definition) is 7. The van der Waals surface area contributed by atoms with Gasteiger partial charge in [0.1, 0.15) is 17.6 Å². The van der Waals surface area contributed by atoms with Crippen LogP contribution in [0.25, 0.3) is 0 Å². The normalized spacial score (nSPS) is 23.1. The average Bonchev–Trinajstić information content (AvgIpc) is 3.66. The van der Waals surface area contributed by atoms with Crippen molar-refractivity contribution in [2.24, 2.45) is 17.8 Å². The molecule has 3 aromatic carbocycles. The molecule has 2 saturated heterocycles. The van der Waals surface area contributed by atoms with E-state index in [0.29, 0.717) is 48.7 Å². The van der Waals surface area contributed by atoms with Gasteiger partial charge in [0.25, 0.3) is 0 Å². The van der Waals surface area contributed by atoms with Crippen molar-refractivity contribution in [3.05, 3.63) is 106 Å². The Morgan fingerprint density at radius 1 is 0.800 bits per heavy atom. The molecule has 0 spiro atoms. The van der Waals surface area contributed by atoms with Gasteiger partial charge in [-0.3, -0.25) is 4.79 Å². The van der Waals surface area contributed by atoms with Gasteiger partial charge in [-0.2, -0.15) is 0 Å². The quantitative estimate of drug-likeness (QED) is 0.0963. The van der Waals surface area contributed by atoms with E-state index in [0.717, 1.165) is 50.1 Å². The predicted octanol–water partition coefficient (Wildman–Crippen LogP) is 9.07. The van der Waals surface area contributed by atoms with Gasteiger partial charge in [-0.15, -0.1) is 0 Å². The Balaban J connectivity index is 0.000000178. The summed E-state index contributed by atoms with van der Waals surface area (Å²) < 4.78 is 27.9. The first kappa shape index (κ1) is 38.9. The van der Waals surface area contributed by atoms with Gasteiger partial charge >= 0.3 is 5.97 Å². The van der Waals surface area contributed by atoms with Crippen LogP contribution in [-0.2, 0) is 25.4 Å². The molecule has 2 fully saturated rings. The Hall–Kier alpha value is -3.94. The van der Waals surface area contributed by atoms with E-state index in [1.54, 1.807) is 24.3 Å². The number of aryl methyl sites for hydroxylation is 4. The fourth-order valence-electron chi connectivity index (χ4n) is 6.64. The van der Waals surface area contributed by atoms with Gasteiger partial charge in [-0.1, -0.05) is 51.6 Å². The Labute approximate surface area is 299 Å². The second-order valence-electron chi connectivity index (χ2n) is 14.2. The van der Waals surface area contributed by atoms with Crippen molar-refractivity contribution in [3.63, 3.8) is 0 Å². The van der Waals surface area contributed by atoms with E-state index in [1.807, 2.05) is 0 Å². The molecule has 270 valence electrons. The fourth-order valence-corrected chi connectivity index (χ4v) is 6.64. The topological polar surface area (TPSA) is 80.3 Å². The highest BCUT2D eigenvalue weighted by molar-refractivity contribution is 5.94. The number of esters is 1. The van der Waals surface area contributed by atoms with Gasteiger partial charge in [0, 0.05) is 29.4 Å². The SMILES string of the molecule is C=CC(=O)OCCCCOc1ccc(C(C)=O)cc1.C[C@@H]1CO[C@H]2[C@@H]1OC[C@@H]2C.Cc1cc(C)c2c(c1)O[C@H](c1ccc(C)c(C)c1)[C@@H](C)C2. The number of benzene rings is 3. The minimum Gasteiger partial charge on any atom is -0.494 e. The van der Waals surface area contributed by atoms with E-state index < -0.39 is 5.97 Å². The van der Waals surface area contributed by atoms with Crippen molar-refractivity contribution < 1.29 is 33.3 Å². The summed E-state index contributed by atoms with van der Waals surface area (Å²) in [6.45, 7) is 22.9. The average molecular weight is 685 g/mol. The molecule has 0 aliphatic carbocycles. The van der Waals surface area contributed by atoms with Crippen LogP contribution in [0, 0.1) is 45.4 Å². The predicted molar refractivity (Wildman–Crippen MR) is 198 cm³/mol. The summed E-state index contributed by atoms with van der Waals surface area (Å²) >= 11 is 0. The number of Topliss-reactive ketones (excluding diaryl/α,β-unsaturated/α-hetero) is 1. The minimum absolute atomic E-state index is 0.0376. The van der Waals surface area contributed by atoms with Crippen LogP contribution < -0.4 is 9.47 Å². The van der Waals surface area contributed by atoms with E-state index in [-0.39, 0.29) is 11.9 Å². The molecule has 0 unspecified atom stereocenters. The number of hydrogen-bond donors (Lipinski definition) is 0. The van der Waals surface area contributed by atoms with Crippen LogP contribution in [0.2, 0.25) is 0 Å². The molecule has 3 aromatic rings. The summed E-state index contributed by atoms with van der Waals surface area (Å²) in [4.78, 5) is 21.8. The highest BCUT2D eigenvalue weighted by atomic mass is 16.6. The van der Waals surface area contributed by atoms with Crippen LogP contribution in [0.4, 0.5) is 0 Å². The minimum atomic E-state index is -0.402. The summed E-state index contributed by atoms with van der Waals surface area (Å²) in [5.41, 5.74) is 8.67. The maximum absolute atomic E-state index is 11.1. The number of fused-ring (bicyclic) bond motifs is 2. The zero-order chi connectivity index (χ0) is 36.4. The lowest BCUT2D eigenvalue weighted by Gasteiger charge is -2.33. The largest absolute Gasteiger partial charge is 0.494 e. The molecule has 3 heterocycles. The van der Waals surface area contributed by atoms with Crippen molar-refractivity contribution in [1.82, 2.24) is 0 Å². The van der Waals surface area contributed by atoms with E-state index in [9.17, 15) is 9.59 Å². The molecule has 7 nitrogen and oxygen atoms in total. The van der Waals surface area contributed by atoms with E-state index >= 15 is 0 Å². The summed E-state index contributed by atoms with van der Waals surface area (Å²) in [5, 5.41) is 0. The number of unbranched alkanes of at least 4 members (excludes halogenated alkanes) is 1. The molecule has 0 aromatic heterocycles. The van der Waals surface area contributed by atoms with Crippen molar-refractivity contribution in [2.75, 3.05) is 26.4 Å². The van der Waals surface area contributed by atoms with Gasteiger partial charge in [-0.25, -0.2) is 4.79 Å². The molecule has 0 bridgehead atoms. The first-order valence-corrected chi connectivity index (χ1v) is 18.0. The molecular weight excluding hydrogens is 628 g/mol. The monoisotopic (exact) mass is 684 g/mol. The summed E-state index contributed by atoms with van der Waals surface area (Å²) in [5.74, 6) is 3.16. The van der Waals surface area contributed by atoms with Crippen molar-refractivity contribution in [2.45, 2.75) is 93.0 Å². The number of ether oxygens (including phenoxy) is 5. The highest BCUT2D eigenvalue weighted by Crippen LogP contribution is 2.41. The second kappa shape index (κ2) is 18.3. The molecule has 3 aliphatic rings. The van der Waals surface area contributed by atoms with Crippen LogP contribution in [-0.4, -0.2) is 50.4 Å². The van der Waals surface area contributed by atoms with E-state index in [4.69, 9.17) is 23.7 Å². The Bertz CT molecular complexity index is 1580. The van der Waals surface area contributed by atoms with Gasteiger partial charge in [0.2, 0.25) is 0 Å². The Morgan fingerprint density at radius 2 is 1.44 bits per heavy atom. The van der Waals surface area contributed by atoms with Crippen LogP contribution in [0.5, 0.6) is 11.5 Å². The first-order valence-electron chi connectivity index (χ1n) is 18.0. The molecule has 7 heteroatoms. The molecule has 0 N–H and O–H groups in total. The second-order valence-corrected chi connectivity index (χ2v) is 14.2. The van der Waals surface area contributed by atoms with Crippen LogP contribution in [0.1, 0.15) is 90.4 Å². The van der Waals surface area contributed by atoms with Gasteiger partial charge in [0.05, 0.1) is 38.6 Å². The molecular formula is C43H56O7. The molecule has 0 radical (unpaired) electrons. The fraction of sp³-hybridized carbons (Fsp3) is 0.488. The third-order valence-corrected chi connectivity index (χ3v) is 9.76. The van der Waals surface area contributed by atoms with Crippen molar-refractivity contribution in [1.29, 1.82) is 0 Å². The summed E-state index contributed by atoms with van der Waals surface area (Å²) in [6, 6.07) is 18.2. The Kier molecular flexibility index (Phi) is 14.3. The third kappa shape index (κ3) is 10.5.